The molecule has 0 radical (unpaired) electrons. The number of hydrogen-bond acceptors (Lipinski definition) is 6. The SMILES string of the molecule is CON=C(N)C(=O)Oc1nccs1. The highest BCUT2D eigenvalue weighted by Crippen LogP contribution is 2.13. The largest absolute Gasteiger partial charge is 0.397 e. The number of thiazole rings is 1. The number of ether oxygens (including phenoxy) is 1. The maximum Gasteiger partial charge on any atom is 0.384 e. The third-order valence-electron chi connectivity index (χ3n) is 0.988. The zero-order valence-electron chi connectivity index (χ0n) is 6.76. The van der Waals surface area contributed by atoms with E-state index in [1.165, 1.54) is 24.6 Å². The molecule has 0 atom stereocenters. The van der Waals surface area contributed by atoms with Crippen molar-refractivity contribution in [3.8, 4) is 5.19 Å². The van der Waals surface area contributed by atoms with E-state index in [1.54, 1.807) is 5.38 Å². The molecule has 1 rings (SSSR count). The molecule has 1 aromatic rings. The average molecular weight is 201 g/mol. The summed E-state index contributed by atoms with van der Waals surface area (Å²) in [4.78, 5) is 19.0. The molecule has 2 N–H and O–H groups in total. The van der Waals surface area contributed by atoms with Crippen LogP contribution in [0.1, 0.15) is 0 Å². The summed E-state index contributed by atoms with van der Waals surface area (Å²) in [5, 5.41) is 5.10. The highest BCUT2D eigenvalue weighted by Gasteiger charge is 2.11. The molecule has 0 unspecified atom stereocenters. The molecule has 0 bridgehead atoms. The van der Waals surface area contributed by atoms with Crippen molar-refractivity contribution >= 4 is 23.1 Å². The van der Waals surface area contributed by atoms with E-state index in [0.717, 1.165) is 0 Å². The van der Waals surface area contributed by atoms with Crippen LogP contribution in [0.5, 0.6) is 5.19 Å². The second kappa shape index (κ2) is 4.41. The molecule has 70 valence electrons. The summed E-state index contributed by atoms with van der Waals surface area (Å²) in [7, 11) is 1.28. The number of nitrogens with two attached hydrogens (primary N) is 1. The third-order valence-corrected chi connectivity index (χ3v) is 1.64. The predicted molar refractivity (Wildman–Crippen MR) is 46.4 cm³/mol. The van der Waals surface area contributed by atoms with Crippen LogP contribution in [0.4, 0.5) is 0 Å². The lowest BCUT2D eigenvalue weighted by Gasteiger charge is -1.97. The van der Waals surface area contributed by atoms with Gasteiger partial charge in [0.25, 0.3) is 5.19 Å². The minimum atomic E-state index is -0.781. The van der Waals surface area contributed by atoms with E-state index >= 15 is 0 Å². The van der Waals surface area contributed by atoms with Crippen molar-refractivity contribution in [2.75, 3.05) is 7.11 Å². The van der Waals surface area contributed by atoms with Crippen molar-refractivity contribution in [2.45, 2.75) is 0 Å². The number of carbonyl (C=O) groups excluding carboxylic acids is 1. The zero-order valence-corrected chi connectivity index (χ0v) is 7.58. The molecule has 0 aliphatic rings. The molecular weight excluding hydrogens is 194 g/mol. The first-order valence-electron chi connectivity index (χ1n) is 3.22. The van der Waals surface area contributed by atoms with Crippen LogP contribution in [0.15, 0.2) is 16.7 Å². The quantitative estimate of drug-likeness (QED) is 0.314. The van der Waals surface area contributed by atoms with Crippen LogP contribution < -0.4 is 10.5 Å². The van der Waals surface area contributed by atoms with Crippen LogP contribution in [-0.4, -0.2) is 23.9 Å². The Morgan fingerprint density at radius 2 is 2.54 bits per heavy atom. The zero-order chi connectivity index (χ0) is 9.68. The summed E-state index contributed by atoms with van der Waals surface area (Å²) < 4.78 is 4.70. The van der Waals surface area contributed by atoms with Gasteiger partial charge in [0, 0.05) is 11.6 Å². The van der Waals surface area contributed by atoms with Crippen molar-refractivity contribution in [3.63, 3.8) is 0 Å². The molecule has 0 fully saturated rings. The summed E-state index contributed by atoms with van der Waals surface area (Å²) in [6.07, 6.45) is 1.51. The molecule has 0 spiro atoms. The Labute approximate surface area is 78.0 Å². The maximum absolute atomic E-state index is 11.0. The summed E-state index contributed by atoms with van der Waals surface area (Å²) >= 11 is 1.18. The van der Waals surface area contributed by atoms with E-state index < -0.39 is 5.97 Å². The smallest absolute Gasteiger partial charge is 0.384 e. The van der Waals surface area contributed by atoms with Gasteiger partial charge in [-0.1, -0.05) is 16.5 Å². The fourth-order valence-corrected chi connectivity index (χ4v) is 1.01. The topological polar surface area (TPSA) is 86.8 Å². The summed E-state index contributed by atoms with van der Waals surface area (Å²) in [6, 6.07) is 0. The average Bonchev–Trinajstić information content (AvgIpc) is 2.57. The number of aromatic nitrogens is 1. The van der Waals surface area contributed by atoms with Crippen LogP contribution in [0, 0.1) is 0 Å². The van der Waals surface area contributed by atoms with Crippen LogP contribution in [0.2, 0.25) is 0 Å². The number of esters is 1. The first-order chi connectivity index (χ1) is 6.24. The molecule has 0 aromatic carbocycles. The van der Waals surface area contributed by atoms with E-state index in [2.05, 4.69) is 15.0 Å². The lowest BCUT2D eigenvalue weighted by Crippen LogP contribution is -2.28. The van der Waals surface area contributed by atoms with Crippen LogP contribution >= 0.6 is 11.3 Å². The second-order valence-corrected chi connectivity index (χ2v) is 2.70. The first kappa shape index (κ1) is 9.46. The summed E-state index contributed by atoms with van der Waals surface area (Å²) in [5.74, 6) is -1.13. The van der Waals surface area contributed by atoms with Crippen molar-refractivity contribution < 1.29 is 14.4 Å². The Morgan fingerprint density at radius 3 is 3.08 bits per heavy atom. The fraction of sp³-hybridized carbons (Fsp3) is 0.167. The van der Waals surface area contributed by atoms with Gasteiger partial charge < -0.3 is 15.3 Å². The van der Waals surface area contributed by atoms with Gasteiger partial charge in [-0.15, -0.1) is 0 Å². The molecular formula is C6H7N3O3S. The third kappa shape index (κ3) is 2.71. The summed E-state index contributed by atoms with van der Waals surface area (Å²) in [5.41, 5.74) is 5.17. The molecule has 6 nitrogen and oxygen atoms in total. The van der Waals surface area contributed by atoms with Gasteiger partial charge in [-0.05, 0) is 0 Å². The number of hydrogen-bond donors (Lipinski definition) is 1. The molecule has 7 heteroatoms. The molecule has 0 saturated heterocycles. The maximum atomic E-state index is 11.0. The number of rotatable bonds is 2. The number of nitrogens with zero attached hydrogens (tertiary/aromatic N) is 2. The van der Waals surface area contributed by atoms with Gasteiger partial charge in [0.05, 0.1) is 0 Å². The van der Waals surface area contributed by atoms with Gasteiger partial charge >= 0.3 is 5.97 Å². The lowest BCUT2D eigenvalue weighted by molar-refractivity contribution is -0.127. The van der Waals surface area contributed by atoms with E-state index in [-0.39, 0.29) is 11.0 Å². The molecule has 1 aromatic heterocycles. The minimum absolute atomic E-state index is 0.222. The van der Waals surface area contributed by atoms with E-state index in [1.807, 2.05) is 0 Å². The van der Waals surface area contributed by atoms with Gasteiger partial charge in [-0.3, -0.25) is 0 Å². The highest BCUT2D eigenvalue weighted by molar-refractivity contribution is 7.11. The minimum Gasteiger partial charge on any atom is -0.397 e. The Kier molecular flexibility index (Phi) is 3.21. The number of oxime groups is 1. The van der Waals surface area contributed by atoms with Gasteiger partial charge in [-0.2, -0.15) is 0 Å². The molecule has 1 heterocycles. The summed E-state index contributed by atoms with van der Waals surface area (Å²) in [6.45, 7) is 0. The van der Waals surface area contributed by atoms with E-state index in [0.29, 0.717) is 0 Å². The number of amidine groups is 1. The highest BCUT2D eigenvalue weighted by atomic mass is 32.1. The van der Waals surface area contributed by atoms with E-state index in [9.17, 15) is 4.79 Å². The Hall–Kier alpha value is -1.63. The van der Waals surface area contributed by atoms with Crippen molar-refractivity contribution in [3.05, 3.63) is 11.6 Å². The predicted octanol–water partition coefficient (Wildman–Crippen LogP) is -0.0329. The Balaban J connectivity index is 2.56. The Bertz CT molecular complexity index is 309. The normalized spacial score (nSPS) is 11.0. The van der Waals surface area contributed by atoms with Crippen molar-refractivity contribution in [1.82, 2.24) is 4.98 Å². The van der Waals surface area contributed by atoms with Gasteiger partial charge in [-0.25, -0.2) is 9.78 Å². The van der Waals surface area contributed by atoms with Gasteiger partial charge in [0.15, 0.2) is 0 Å². The molecule has 0 saturated carbocycles. The molecule has 0 aliphatic carbocycles. The van der Waals surface area contributed by atoms with Crippen LogP contribution in [0.25, 0.3) is 0 Å². The molecule has 0 aliphatic heterocycles. The van der Waals surface area contributed by atoms with Crippen molar-refractivity contribution in [1.29, 1.82) is 0 Å². The number of carbonyl (C=O) groups is 1. The van der Waals surface area contributed by atoms with Crippen molar-refractivity contribution in [2.24, 2.45) is 10.9 Å². The monoisotopic (exact) mass is 201 g/mol. The fourth-order valence-electron chi connectivity index (χ4n) is 0.528. The van der Waals surface area contributed by atoms with Crippen LogP contribution in [0.3, 0.4) is 0 Å². The first-order valence-corrected chi connectivity index (χ1v) is 4.10. The lowest BCUT2D eigenvalue weighted by atomic mass is 10.6. The van der Waals surface area contributed by atoms with Gasteiger partial charge in [0.2, 0.25) is 5.84 Å². The van der Waals surface area contributed by atoms with Gasteiger partial charge in [0.1, 0.15) is 7.11 Å². The standard InChI is InChI=1S/C6H7N3O3S/c1-11-9-4(7)5(10)12-6-8-2-3-13-6/h2-3H,1H3,(H2,7,9). The van der Waals surface area contributed by atoms with Crippen LogP contribution in [-0.2, 0) is 9.63 Å². The Morgan fingerprint density at radius 1 is 1.77 bits per heavy atom. The molecule has 13 heavy (non-hydrogen) atoms. The van der Waals surface area contributed by atoms with E-state index in [4.69, 9.17) is 10.5 Å². The molecule has 0 amide bonds. The second-order valence-electron chi connectivity index (χ2n) is 1.85.